The van der Waals surface area contributed by atoms with Crippen LogP contribution in [0.3, 0.4) is 0 Å². The number of para-hydroxylation sites is 1. The summed E-state index contributed by atoms with van der Waals surface area (Å²) in [6.07, 6.45) is 3.59. The van der Waals surface area contributed by atoms with Crippen LogP contribution in [-0.4, -0.2) is 21.1 Å². The highest BCUT2D eigenvalue weighted by atomic mass is 35.5. The van der Waals surface area contributed by atoms with Crippen LogP contribution in [-0.2, 0) is 18.8 Å². The van der Waals surface area contributed by atoms with Crippen LogP contribution in [0.25, 0.3) is 0 Å². The van der Waals surface area contributed by atoms with Crippen molar-refractivity contribution in [1.82, 2.24) is 14.9 Å². The Morgan fingerprint density at radius 2 is 1.71 bits per heavy atom. The molecule has 1 aromatic heterocycles. The molecule has 0 saturated heterocycles. The molecule has 4 aromatic rings. The molecule has 0 radical (unpaired) electrons. The molecule has 0 aliphatic rings. The number of halogens is 1. The van der Waals surface area contributed by atoms with Crippen LogP contribution in [0, 0.1) is 6.92 Å². The zero-order valence-electron chi connectivity index (χ0n) is 19.3. The van der Waals surface area contributed by atoms with E-state index >= 15 is 0 Å². The molecule has 0 amide bonds. The van der Waals surface area contributed by atoms with Gasteiger partial charge in [0.2, 0.25) is 5.16 Å². The molecule has 0 N–H and O–H groups in total. The van der Waals surface area contributed by atoms with Crippen molar-refractivity contribution in [3.8, 4) is 5.75 Å². The molecule has 1 heterocycles. The maximum absolute atomic E-state index is 6.11. The minimum absolute atomic E-state index is 0.501. The predicted octanol–water partition coefficient (Wildman–Crippen LogP) is 6.95. The van der Waals surface area contributed by atoms with Gasteiger partial charge in [0, 0.05) is 22.8 Å². The summed E-state index contributed by atoms with van der Waals surface area (Å²) in [6, 6.07) is 24.1. The smallest absolute Gasteiger partial charge is 0.212 e. The summed E-state index contributed by atoms with van der Waals surface area (Å²) < 4.78 is 7.94. The summed E-state index contributed by atoms with van der Waals surface area (Å²) in [5, 5.41) is 15.0. The molecule has 0 aliphatic carbocycles. The van der Waals surface area contributed by atoms with E-state index in [1.165, 1.54) is 11.1 Å². The third kappa shape index (κ3) is 6.49. The molecule has 0 saturated carbocycles. The fraction of sp³-hybridized carbons (Fsp3) is 0.222. The Morgan fingerprint density at radius 3 is 2.47 bits per heavy atom. The van der Waals surface area contributed by atoms with Gasteiger partial charge in [-0.15, -0.1) is 10.2 Å². The van der Waals surface area contributed by atoms with E-state index in [4.69, 9.17) is 21.4 Å². The zero-order valence-corrected chi connectivity index (χ0v) is 20.9. The number of hydrogen-bond acceptors (Lipinski definition) is 5. The average molecular weight is 491 g/mol. The van der Waals surface area contributed by atoms with E-state index < -0.39 is 0 Å². The summed E-state index contributed by atoms with van der Waals surface area (Å²) in [5.74, 6) is 2.38. The first-order valence-corrected chi connectivity index (χ1v) is 12.6. The Bertz CT molecular complexity index is 1240. The van der Waals surface area contributed by atoms with Crippen LogP contribution in [0.1, 0.15) is 41.4 Å². The van der Waals surface area contributed by atoms with E-state index in [1.54, 1.807) is 11.8 Å². The molecule has 0 unspecified atom stereocenters. The Labute approximate surface area is 209 Å². The van der Waals surface area contributed by atoms with Gasteiger partial charge in [0.25, 0.3) is 0 Å². The molecule has 3 aromatic carbocycles. The maximum Gasteiger partial charge on any atom is 0.212 e. The van der Waals surface area contributed by atoms with E-state index in [1.807, 2.05) is 59.4 Å². The first-order valence-electron chi connectivity index (χ1n) is 11.3. The van der Waals surface area contributed by atoms with Crippen LogP contribution in [0.4, 0.5) is 0 Å². The SMILES string of the molecule is CCCc1nnc(SCc2ccc(Cl)cc2)n1/N=C\c1ccccc1OCc1ccc(C)cc1. The number of hydrogen-bond donors (Lipinski definition) is 0. The summed E-state index contributed by atoms with van der Waals surface area (Å²) in [7, 11) is 0. The lowest BCUT2D eigenvalue weighted by Crippen LogP contribution is -2.02. The third-order valence-corrected chi connectivity index (χ3v) is 6.42. The van der Waals surface area contributed by atoms with E-state index in [2.05, 4.69) is 48.3 Å². The zero-order chi connectivity index (χ0) is 23.8. The van der Waals surface area contributed by atoms with Crippen LogP contribution >= 0.6 is 23.4 Å². The van der Waals surface area contributed by atoms with Crippen molar-refractivity contribution in [2.45, 2.75) is 44.2 Å². The number of benzene rings is 3. The molecule has 34 heavy (non-hydrogen) atoms. The predicted molar refractivity (Wildman–Crippen MR) is 140 cm³/mol. The first-order chi connectivity index (χ1) is 16.6. The minimum Gasteiger partial charge on any atom is -0.488 e. The number of aryl methyl sites for hydroxylation is 2. The fourth-order valence-electron chi connectivity index (χ4n) is 3.29. The van der Waals surface area contributed by atoms with Crippen molar-refractivity contribution in [3.63, 3.8) is 0 Å². The normalized spacial score (nSPS) is 11.3. The Hall–Kier alpha value is -3.09. The number of thioether (sulfide) groups is 1. The van der Waals surface area contributed by atoms with Gasteiger partial charge in [-0.3, -0.25) is 0 Å². The highest BCUT2D eigenvalue weighted by Gasteiger charge is 2.12. The Morgan fingerprint density at radius 1 is 0.971 bits per heavy atom. The van der Waals surface area contributed by atoms with Crippen LogP contribution in [0.2, 0.25) is 5.02 Å². The second kappa shape index (κ2) is 11.9. The van der Waals surface area contributed by atoms with Gasteiger partial charge >= 0.3 is 0 Å². The van der Waals surface area contributed by atoms with Gasteiger partial charge in [0.05, 0.1) is 6.21 Å². The maximum atomic E-state index is 6.11. The van der Waals surface area contributed by atoms with Gasteiger partial charge in [-0.2, -0.15) is 9.78 Å². The molecular weight excluding hydrogens is 464 g/mol. The molecule has 0 spiro atoms. The van der Waals surface area contributed by atoms with Crippen molar-refractivity contribution in [2.24, 2.45) is 5.10 Å². The standard InChI is InChI=1S/C27H27ClN4OS/c1-3-6-26-30-31-27(34-19-22-13-15-24(28)16-14-22)32(26)29-17-23-7-4-5-8-25(23)33-18-21-11-9-20(2)10-12-21/h4-5,7-17H,3,6,18-19H2,1-2H3/b29-17-. The van der Waals surface area contributed by atoms with E-state index in [0.717, 1.165) is 51.5 Å². The second-order valence-corrected chi connectivity index (χ2v) is 9.31. The second-order valence-electron chi connectivity index (χ2n) is 7.93. The van der Waals surface area contributed by atoms with Crippen molar-refractivity contribution in [2.75, 3.05) is 0 Å². The van der Waals surface area contributed by atoms with E-state index in [9.17, 15) is 0 Å². The molecule has 0 fully saturated rings. The van der Waals surface area contributed by atoms with E-state index in [-0.39, 0.29) is 0 Å². The van der Waals surface area contributed by atoms with Crippen molar-refractivity contribution >= 4 is 29.6 Å². The van der Waals surface area contributed by atoms with Crippen LogP contribution < -0.4 is 4.74 Å². The molecule has 4 rings (SSSR count). The summed E-state index contributed by atoms with van der Waals surface area (Å²) in [5.41, 5.74) is 4.43. The lowest BCUT2D eigenvalue weighted by atomic mass is 10.1. The lowest BCUT2D eigenvalue weighted by molar-refractivity contribution is 0.306. The topological polar surface area (TPSA) is 52.3 Å². The van der Waals surface area contributed by atoms with Crippen LogP contribution in [0.15, 0.2) is 83.1 Å². The largest absolute Gasteiger partial charge is 0.488 e. The molecule has 0 aliphatic heterocycles. The van der Waals surface area contributed by atoms with Crippen molar-refractivity contribution in [3.05, 3.63) is 106 Å². The quantitative estimate of drug-likeness (QED) is 0.178. The lowest BCUT2D eigenvalue weighted by Gasteiger charge is -2.10. The highest BCUT2D eigenvalue weighted by molar-refractivity contribution is 7.98. The van der Waals surface area contributed by atoms with Gasteiger partial charge < -0.3 is 4.74 Å². The number of aromatic nitrogens is 3. The first kappa shape index (κ1) is 24.0. The average Bonchev–Trinajstić information content (AvgIpc) is 3.24. The van der Waals surface area contributed by atoms with Gasteiger partial charge in [0.1, 0.15) is 12.4 Å². The van der Waals surface area contributed by atoms with Gasteiger partial charge in [-0.1, -0.05) is 84.4 Å². The van der Waals surface area contributed by atoms with Gasteiger partial charge in [-0.25, -0.2) is 0 Å². The molecular formula is C27H27ClN4OS. The molecule has 7 heteroatoms. The molecule has 0 bridgehead atoms. The van der Waals surface area contributed by atoms with Crippen molar-refractivity contribution < 1.29 is 4.74 Å². The summed E-state index contributed by atoms with van der Waals surface area (Å²) in [6.45, 7) is 4.70. The van der Waals surface area contributed by atoms with Gasteiger partial charge in [-0.05, 0) is 48.7 Å². The minimum atomic E-state index is 0.501. The van der Waals surface area contributed by atoms with Crippen LogP contribution in [0.5, 0.6) is 5.75 Å². The third-order valence-electron chi connectivity index (χ3n) is 5.18. The monoisotopic (exact) mass is 490 g/mol. The number of ether oxygens (including phenoxy) is 1. The molecule has 5 nitrogen and oxygen atoms in total. The highest BCUT2D eigenvalue weighted by Crippen LogP contribution is 2.24. The summed E-state index contributed by atoms with van der Waals surface area (Å²) >= 11 is 7.61. The Kier molecular flexibility index (Phi) is 8.39. The molecule has 174 valence electrons. The van der Waals surface area contributed by atoms with Gasteiger partial charge in [0.15, 0.2) is 5.82 Å². The molecule has 0 atom stereocenters. The van der Waals surface area contributed by atoms with Crippen molar-refractivity contribution in [1.29, 1.82) is 0 Å². The summed E-state index contributed by atoms with van der Waals surface area (Å²) in [4.78, 5) is 0. The Balaban J connectivity index is 1.51. The number of nitrogens with zero attached hydrogens (tertiary/aromatic N) is 4. The fourth-order valence-corrected chi connectivity index (χ4v) is 4.28. The van der Waals surface area contributed by atoms with E-state index in [0.29, 0.717) is 6.61 Å². The number of rotatable bonds is 10.